The minimum Gasteiger partial charge on any atom is -0.493 e. The number of aliphatic hydroxyl groups is 1. The Kier molecular flexibility index (Phi) is 5.33. The number of ether oxygens (including phenoxy) is 2. The molecule has 0 aromatic heterocycles. The van der Waals surface area contributed by atoms with Crippen LogP contribution in [0, 0.1) is 0 Å². The van der Waals surface area contributed by atoms with Gasteiger partial charge in [-0.15, -0.1) is 0 Å². The molecular formula is C13H18N2O5. The van der Waals surface area contributed by atoms with Gasteiger partial charge in [-0.3, -0.25) is 10.1 Å². The number of urea groups is 1. The summed E-state index contributed by atoms with van der Waals surface area (Å²) >= 11 is 0. The van der Waals surface area contributed by atoms with Gasteiger partial charge < -0.3 is 20.3 Å². The van der Waals surface area contributed by atoms with E-state index in [0.29, 0.717) is 17.1 Å². The number of hydrogen-bond acceptors (Lipinski definition) is 5. The van der Waals surface area contributed by atoms with Crippen LogP contribution in [0.15, 0.2) is 18.2 Å². The molecular weight excluding hydrogens is 264 g/mol. The first-order valence-corrected chi connectivity index (χ1v) is 5.98. The Morgan fingerprint density at radius 2 is 1.95 bits per heavy atom. The molecule has 1 rings (SSSR count). The highest BCUT2D eigenvalue weighted by Gasteiger charge is 2.18. The van der Waals surface area contributed by atoms with Crippen molar-refractivity contribution in [3.8, 4) is 11.5 Å². The molecule has 7 heteroatoms. The number of primary amides is 1. The van der Waals surface area contributed by atoms with E-state index in [0.717, 1.165) is 0 Å². The van der Waals surface area contributed by atoms with Gasteiger partial charge in [-0.25, -0.2) is 4.79 Å². The molecule has 2 atom stereocenters. The Hall–Kier alpha value is -2.28. The zero-order valence-corrected chi connectivity index (χ0v) is 11.5. The normalized spacial score (nSPS) is 13.2. The van der Waals surface area contributed by atoms with Gasteiger partial charge in [0.1, 0.15) is 0 Å². The zero-order valence-electron chi connectivity index (χ0n) is 11.5. The third-order valence-electron chi connectivity index (χ3n) is 2.59. The summed E-state index contributed by atoms with van der Waals surface area (Å²) in [7, 11) is 1.45. The molecule has 0 heterocycles. The average molecular weight is 282 g/mol. The molecule has 0 fully saturated rings. The van der Waals surface area contributed by atoms with Crippen LogP contribution in [0.25, 0.3) is 0 Å². The van der Waals surface area contributed by atoms with Crippen molar-refractivity contribution < 1.29 is 24.2 Å². The van der Waals surface area contributed by atoms with Gasteiger partial charge in [-0.1, -0.05) is 6.07 Å². The molecule has 0 spiro atoms. The van der Waals surface area contributed by atoms with Crippen molar-refractivity contribution in [1.82, 2.24) is 5.32 Å². The molecule has 1 aromatic rings. The summed E-state index contributed by atoms with van der Waals surface area (Å²) in [5.74, 6) is 0.0466. The van der Waals surface area contributed by atoms with Crippen molar-refractivity contribution in [3.63, 3.8) is 0 Å². The van der Waals surface area contributed by atoms with Crippen molar-refractivity contribution in [2.24, 2.45) is 5.73 Å². The molecule has 0 aliphatic rings. The van der Waals surface area contributed by atoms with Gasteiger partial charge >= 0.3 is 6.03 Å². The van der Waals surface area contributed by atoms with Crippen molar-refractivity contribution >= 4 is 11.9 Å². The van der Waals surface area contributed by atoms with Crippen LogP contribution in [0.4, 0.5) is 4.79 Å². The Morgan fingerprint density at radius 1 is 1.30 bits per heavy atom. The number of hydrogen-bond donors (Lipinski definition) is 3. The molecule has 7 nitrogen and oxygen atoms in total. The second-order valence-electron chi connectivity index (χ2n) is 4.20. The van der Waals surface area contributed by atoms with Gasteiger partial charge in [0, 0.05) is 0 Å². The molecule has 110 valence electrons. The van der Waals surface area contributed by atoms with E-state index in [2.05, 4.69) is 0 Å². The van der Waals surface area contributed by atoms with E-state index in [4.69, 9.17) is 15.2 Å². The van der Waals surface area contributed by atoms with Crippen LogP contribution in [0.2, 0.25) is 0 Å². The van der Waals surface area contributed by atoms with Crippen molar-refractivity contribution in [2.45, 2.75) is 26.1 Å². The lowest BCUT2D eigenvalue weighted by atomic mass is 10.1. The number of imide groups is 1. The molecule has 0 bridgehead atoms. The fourth-order valence-corrected chi connectivity index (χ4v) is 1.51. The number of methoxy groups -OCH3 is 1. The quantitative estimate of drug-likeness (QED) is 0.736. The molecule has 0 radical (unpaired) electrons. The maximum atomic E-state index is 11.5. The third-order valence-corrected chi connectivity index (χ3v) is 2.59. The highest BCUT2D eigenvalue weighted by Crippen LogP contribution is 2.30. The summed E-state index contributed by atoms with van der Waals surface area (Å²) in [6, 6.07) is 3.90. The van der Waals surface area contributed by atoms with E-state index in [1.165, 1.54) is 14.0 Å². The second kappa shape index (κ2) is 6.76. The van der Waals surface area contributed by atoms with Crippen LogP contribution in [-0.4, -0.2) is 30.3 Å². The predicted molar refractivity (Wildman–Crippen MR) is 71.4 cm³/mol. The molecule has 0 aliphatic carbocycles. The number of carbonyl (C=O) groups excluding carboxylic acids is 2. The number of carbonyl (C=O) groups is 2. The molecule has 3 amide bonds. The number of aliphatic hydroxyl groups excluding tert-OH is 1. The summed E-state index contributed by atoms with van der Waals surface area (Å²) in [6.07, 6.45) is -1.57. The highest BCUT2D eigenvalue weighted by atomic mass is 16.5. The van der Waals surface area contributed by atoms with Crippen LogP contribution < -0.4 is 20.5 Å². The third kappa shape index (κ3) is 4.13. The lowest BCUT2D eigenvalue weighted by Gasteiger charge is -2.17. The van der Waals surface area contributed by atoms with Crippen LogP contribution in [0.1, 0.15) is 25.5 Å². The number of nitrogens with two attached hydrogens (primary N) is 1. The van der Waals surface area contributed by atoms with E-state index in [1.807, 2.05) is 5.32 Å². The van der Waals surface area contributed by atoms with Crippen molar-refractivity contribution in [1.29, 1.82) is 0 Å². The Balaban J connectivity index is 2.86. The lowest BCUT2D eigenvalue weighted by Crippen LogP contribution is -2.42. The molecule has 1 unspecified atom stereocenters. The summed E-state index contributed by atoms with van der Waals surface area (Å²) < 4.78 is 10.5. The van der Waals surface area contributed by atoms with Crippen molar-refractivity contribution in [3.05, 3.63) is 23.8 Å². The van der Waals surface area contributed by atoms with Gasteiger partial charge in [0.25, 0.3) is 5.91 Å². The van der Waals surface area contributed by atoms with Gasteiger partial charge in [0.15, 0.2) is 17.6 Å². The first kappa shape index (κ1) is 15.8. The molecule has 0 saturated heterocycles. The van der Waals surface area contributed by atoms with Gasteiger partial charge in [-0.2, -0.15) is 0 Å². The number of rotatable bonds is 5. The maximum absolute atomic E-state index is 11.5. The second-order valence-corrected chi connectivity index (χ2v) is 4.20. The van der Waals surface area contributed by atoms with Crippen LogP contribution >= 0.6 is 0 Å². The van der Waals surface area contributed by atoms with Gasteiger partial charge in [0.05, 0.1) is 13.2 Å². The molecule has 0 saturated carbocycles. The van der Waals surface area contributed by atoms with E-state index >= 15 is 0 Å². The molecule has 1 aromatic carbocycles. The summed E-state index contributed by atoms with van der Waals surface area (Å²) in [6.45, 7) is 3.10. The summed E-state index contributed by atoms with van der Waals surface area (Å²) in [5.41, 5.74) is 5.51. The van der Waals surface area contributed by atoms with Crippen LogP contribution in [-0.2, 0) is 4.79 Å². The van der Waals surface area contributed by atoms with E-state index in [9.17, 15) is 14.7 Å². The summed E-state index contributed by atoms with van der Waals surface area (Å²) in [5, 5.41) is 11.4. The van der Waals surface area contributed by atoms with Crippen LogP contribution in [0.3, 0.4) is 0 Å². The monoisotopic (exact) mass is 282 g/mol. The fourth-order valence-electron chi connectivity index (χ4n) is 1.51. The zero-order chi connectivity index (χ0) is 15.3. The Bertz CT molecular complexity index is 502. The topological polar surface area (TPSA) is 111 Å². The minimum absolute atomic E-state index is 0.323. The maximum Gasteiger partial charge on any atom is 0.318 e. The lowest BCUT2D eigenvalue weighted by molar-refractivity contribution is -0.126. The first-order valence-electron chi connectivity index (χ1n) is 5.98. The van der Waals surface area contributed by atoms with Gasteiger partial charge in [-0.05, 0) is 31.5 Å². The van der Waals surface area contributed by atoms with Crippen LogP contribution in [0.5, 0.6) is 11.5 Å². The molecule has 4 N–H and O–H groups in total. The summed E-state index contributed by atoms with van der Waals surface area (Å²) in [4.78, 5) is 22.1. The fraction of sp³-hybridized carbons (Fsp3) is 0.385. The van der Waals surface area contributed by atoms with Gasteiger partial charge in [0.2, 0.25) is 0 Å². The Morgan fingerprint density at radius 3 is 2.45 bits per heavy atom. The number of benzene rings is 1. The van der Waals surface area contributed by atoms with E-state index in [1.54, 1.807) is 25.1 Å². The number of amides is 3. The SMILES string of the molecule is COc1cc([C@H](C)O)ccc1OC(C)C(=O)NC(N)=O. The van der Waals surface area contributed by atoms with Crippen molar-refractivity contribution in [2.75, 3.05) is 7.11 Å². The largest absolute Gasteiger partial charge is 0.493 e. The molecule has 20 heavy (non-hydrogen) atoms. The molecule has 0 aliphatic heterocycles. The smallest absolute Gasteiger partial charge is 0.318 e. The highest BCUT2D eigenvalue weighted by molar-refractivity contribution is 5.95. The minimum atomic E-state index is -0.943. The average Bonchev–Trinajstić information content (AvgIpc) is 2.37. The van der Waals surface area contributed by atoms with E-state index < -0.39 is 24.1 Å². The number of nitrogens with one attached hydrogen (secondary N) is 1. The van der Waals surface area contributed by atoms with E-state index in [-0.39, 0.29) is 0 Å². The first-order chi connectivity index (χ1) is 9.35. The predicted octanol–water partition coefficient (Wildman–Crippen LogP) is 0.711. The standard InChI is InChI=1S/C13H18N2O5/c1-7(16)9-4-5-10(11(6-9)19-3)20-8(2)12(17)15-13(14)18/h4-8,16H,1-3H3,(H3,14,15,17,18)/t7-,8?/m0/s1. The Labute approximate surface area is 116 Å².